The topological polar surface area (TPSA) is 30.5 Å². The molecule has 0 bridgehead atoms. The fraction of sp³-hybridized carbons (Fsp3) is 0.429. The van der Waals surface area contributed by atoms with E-state index in [9.17, 15) is 4.39 Å². The van der Waals surface area contributed by atoms with Gasteiger partial charge in [0, 0.05) is 12.1 Å². The van der Waals surface area contributed by atoms with Gasteiger partial charge < -0.3 is 14.8 Å². The first-order valence-electron chi connectivity index (χ1n) is 9.09. The zero-order chi connectivity index (χ0) is 18.8. The van der Waals surface area contributed by atoms with Gasteiger partial charge in [-0.3, -0.25) is 0 Å². The van der Waals surface area contributed by atoms with Gasteiger partial charge in [0.25, 0.3) is 0 Å². The molecule has 0 fully saturated rings. The van der Waals surface area contributed by atoms with Gasteiger partial charge in [-0.05, 0) is 36.7 Å². The van der Waals surface area contributed by atoms with E-state index in [4.69, 9.17) is 21.1 Å². The molecule has 3 nitrogen and oxygen atoms in total. The van der Waals surface area contributed by atoms with Crippen LogP contribution in [0.2, 0.25) is 5.02 Å². The maximum Gasteiger partial charge on any atom is 0.180 e. The Labute approximate surface area is 172 Å². The van der Waals surface area contributed by atoms with Crippen molar-refractivity contribution in [3.8, 4) is 11.5 Å². The summed E-state index contributed by atoms with van der Waals surface area (Å²) in [4.78, 5) is 0. The lowest BCUT2D eigenvalue weighted by Crippen LogP contribution is -2.14. The van der Waals surface area contributed by atoms with Crippen LogP contribution in [0.5, 0.6) is 11.5 Å². The number of methoxy groups -OCH3 is 1. The number of ether oxygens (including phenoxy) is 2. The summed E-state index contributed by atoms with van der Waals surface area (Å²) >= 11 is 6.37. The van der Waals surface area contributed by atoms with Gasteiger partial charge >= 0.3 is 0 Å². The maximum atomic E-state index is 13.7. The highest BCUT2D eigenvalue weighted by Gasteiger charge is 2.13. The largest absolute Gasteiger partial charge is 0.493 e. The number of benzene rings is 2. The fourth-order valence-electron chi connectivity index (χ4n) is 2.69. The molecule has 150 valence electrons. The second-order valence-corrected chi connectivity index (χ2v) is 6.63. The summed E-state index contributed by atoms with van der Waals surface area (Å²) in [6, 6.07) is 10.3. The third-order valence-corrected chi connectivity index (χ3v) is 4.44. The zero-order valence-electron chi connectivity index (χ0n) is 15.9. The first kappa shape index (κ1) is 23.5. The monoisotopic (exact) mass is 415 g/mol. The van der Waals surface area contributed by atoms with Crippen molar-refractivity contribution in [1.29, 1.82) is 0 Å². The van der Waals surface area contributed by atoms with Crippen LogP contribution in [-0.4, -0.2) is 13.7 Å². The Morgan fingerprint density at radius 1 is 1.11 bits per heavy atom. The molecule has 2 rings (SSSR count). The minimum Gasteiger partial charge on any atom is -0.493 e. The van der Waals surface area contributed by atoms with Gasteiger partial charge in [-0.1, -0.05) is 56.0 Å². The Kier molecular flexibility index (Phi) is 11.2. The molecule has 0 spiro atoms. The summed E-state index contributed by atoms with van der Waals surface area (Å²) in [7, 11) is 1.57. The van der Waals surface area contributed by atoms with Gasteiger partial charge in [0.1, 0.15) is 12.4 Å². The van der Waals surface area contributed by atoms with Crippen LogP contribution < -0.4 is 14.8 Å². The van der Waals surface area contributed by atoms with Crippen molar-refractivity contribution in [3.63, 3.8) is 0 Å². The van der Waals surface area contributed by atoms with E-state index in [1.54, 1.807) is 25.3 Å². The van der Waals surface area contributed by atoms with Gasteiger partial charge in [0.05, 0.1) is 12.1 Å². The minimum absolute atomic E-state index is 0. The molecule has 27 heavy (non-hydrogen) atoms. The SMILES string of the molecule is CCCCCCNCc1cc(Cl)c(OCc2ccccc2F)c(OC)c1.Cl. The summed E-state index contributed by atoms with van der Waals surface area (Å²) in [6.45, 7) is 4.00. The maximum absolute atomic E-state index is 13.7. The summed E-state index contributed by atoms with van der Waals surface area (Å²) in [5.74, 6) is 0.687. The van der Waals surface area contributed by atoms with Crippen LogP contribution in [0.25, 0.3) is 0 Å². The second-order valence-electron chi connectivity index (χ2n) is 6.23. The quantitative estimate of drug-likeness (QED) is 0.445. The third kappa shape index (κ3) is 7.57. The second kappa shape index (κ2) is 12.8. The highest BCUT2D eigenvalue weighted by Crippen LogP contribution is 2.37. The Bertz CT molecular complexity index is 698. The van der Waals surface area contributed by atoms with Crippen LogP contribution in [0.1, 0.15) is 43.7 Å². The summed E-state index contributed by atoms with van der Waals surface area (Å²) in [5.41, 5.74) is 1.50. The van der Waals surface area contributed by atoms with Crippen molar-refractivity contribution in [2.24, 2.45) is 0 Å². The van der Waals surface area contributed by atoms with Gasteiger partial charge in [-0.15, -0.1) is 12.4 Å². The van der Waals surface area contributed by atoms with Crippen molar-refractivity contribution in [1.82, 2.24) is 5.32 Å². The number of nitrogens with one attached hydrogen (secondary N) is 1. The van der Waals surface area contributed by atoms with E-state index in [2.05, 4.69) is 12.2 Å². The van der Waals surface area contributed by atoms with Crippen LogP contribution >= 0.6 is 24.0 Å². The van der Waals surface area contributed by atoms with Crippen molar-refractivity contribution in [3.05, 3.63) is 58.4 Å². The molecule has 0 amide bonds. The van der Waals surface area contributed by atoms with E-state index >= 15 is 0 Å². The average molecular weight is 416 g/mol. The van der Waals surface area contributed by atoms with Crippen molar-refractivity contribution >= 4 is 24.0 Å². The van der Waals surface area contributed by atoms with Crippen molar-refractivity contribution < 1.29 is 13.9 Å². The summed E-state index contributed by atoms with van der Waals surface area (Å²) < 4.78 is 24.9. The van der Waals surface area contributed by atoms with Gasteiger partial charge in [-0.2, -0.15) is 0 Å². The Morgan fingerprint density at radius 3 is 2.59 bits per heavy atom. The number of hydrogen-bond donors (Lipinski definition) is 1. The molecular formula is C21H28Cl2FNO2. The van der Waals surface area contributed by atoms with Crippen LogP contribution in [0, 0.1) is 5.82 Å². The van der Waals surface area contributed by atoms with E-state index < -0.39 is 0 Å². The van der Waals surface area contributed by atoms with Crippen LogP contribution in [0.3, 0.4) is 0 Å². The molecule has 0 aliphatic rings. The number of halogens is 3. The molecule has 0 atom stereocenters. The molecule has 0 saturated heterocycles. The highest BCUT2D eigenvalue weighted by molar-refractivity contribution is 6.32. The molecule has 0 aromatic heterocycles. The smallest absolute Gasteiger partial charge is 0.180 e. The van der Waals surface area contributed by atoms with Crippen LogP contribution in [-0.2, 0) is 13.2 Å². The van der Waals surface area contributed by atoms with Gasteiger partial charge in [-0.25, -0.2) is 4.39 Å². The predicted octanol–water partition coefficient (Wildman–Crippen LogP) is 6.16. The van der Waals surface area contributed by atoms with Crippen molar-refractivity contribution in [2.45, 2.75) is 45.8 Å². The first-order chi connectivity index (χ1) is 12.7. The fourth-order valence-corrected chi connectivity index (χ4v) is 2.98. The Balaban J connectivity index is 0.00000364. The highest BCUT2D eigenvalue weighted by atomic mass is 35.5. The standard InChI is InChI=1S/C21H27ClFNO2.ClH/c1-3-4-5-8-11-24-14-16-12-18(22)21(20(13-16)25-2)26-15-17-9-6-7-10-19(17)23;/h6-7,9-10,12-13,24H,3-5,8,11,14-15H2,1-2H3;1H. The number of unbranched alkanes of at least 4 members (excludes halogenated alkanes) is 3. The molecule has 0 heterocycles. The molecule has 0 aliphatic carbocycles. The van der Waals surface area contributed by atoms with E-state index in [1.165, 1.54) is 31.7 Å². The molecule has 1 N–H and O–H groups in total. The Hall–Kier alpha value is -1.49. The molecule has 2 aromatic carbocycles. The normalized spacial score (nSPS) is 10.4. The van der Waals surface area contributed by atoms with Gasteiger partial charge in [0.2, 0.25) is 0 Å². The molecule has 6 heteroatoms. The molecule has 0 radical (unpaired) electrons. The summed E-state index contributed by atoms with van der Waals surface area (Å²) in [5, 5.41) is 3.88. The lowest BCUT2D eigenvalue weighted by Gasteiger charge is -2.15. The van der Waals surface area contributed by atoms with E-state index in [-0.39, 0.29) is 24.8 Å². The van der Waals surface area contributed by atoms with Gasteiger partial charge in [0.15, 0.2) is 11.5 Å². The predicted molar refractivity (Wildman–Crippen MR) is 112 cm³/mol. The molecule has 2 aromatic rings. The lowest BCUT2D eigenvalue weighted by molar-refractivity contribution is 0.279. The third-order valence-electron chi connectivity index (χ3n) is 4.16. The van der Waals surface area contributed by atoms with E-state index in [0.717, 1.165) is 18.7 Å². The lowest BCUT2D eigenvalue weighted by atomic mass is 10.1. The molecule has 0 unspecified atom stereocenters. The zero-order valence-corrected chi connectivity index (χ0v) is 17.5. The van der Waals surface area contributed by atoms with Crippen LogP contribution in [0.15, 0.2) is 36.4 Å². The number of rotatable bonds is 11. The Morgan fingerprint density at radius 2 is 1.89 bits per heavy atom. The van der Waals surface area contributed by atoms with E-state index in [0.29, 0.717) is 22.1 Å². The van der Waals surface area contributed by atoms with E-state index in [1.807, 2.05) is 12.1 Å². The van der Waals surface area contributed by atoms with Crippen molar-refractivity contribution in [2.75, 3.05) is 13.7 Å². The molecule has 0 aliphatic heterocycles. The number of hydrogen-bond acceptors (Lipinski definition) is 3. The average Bonchev–Trinajstić information content (AvgIpc) is 2.64. The van der Waals surface area contributed by atoms with Crippen LogP contribution in [0.4, 0.5) is 4.39 Å². The molecule has 0 saturated carbocycles. The summed E-state index contributed by atoms with van der Waals surface area (Å²) in [6.07, 6.45) is 4.93. The first-order valence-corrected chi connectivity index (χ1v) is 9.46. The minimum atomic E-state index is -0.300. The molecular weight excluding hydrogens is 388 g/mol.